The lowest BCUT2D eigenvalue weighted by Crippen LogP contribution is -2.56. The Labute approximate surface area is 266 Å². The first kappa shape index (κ1) is 29.9. The molecule has 1 N–H and O–H groups in total. The second-order valence-electron chi connectivity index (χ2n) is 12.4. The summed E-state index contributed by atoms with van der Waals surface area (Å²) in [6.45, 7) is 15.0. The van der Waals surface area contributed by atoms with E-state index in [1.165, 1.54) is 4.90 Å². The Morgan fingerprint density at radius 3 is 2.74 bits per heavy atom. The number of anilines is 1. The molecule has 5 heterocycles. The molecule has 1 amide bonds. The van der Waals surface area contributed by atoms with Crippen molar-refractivity contribution in [1.29, 1.82) is 0 Å². The van der Waals surface area contributed by atoms with Crippen molar-refractivity contribution in [1.82, 2.24) is 34.9 Å². The summed E-state index contributed by atoms with van der Waals surface area (Å²) in [5.41, 5.74) is 4.07. The Balaban J connectivity index is 1.37. The SMILES string of the molecule is [C-]#[N+]C[C@H]1CN(c2nc(OC[C@@H]3CCCN3C)nc3c(OC4CC4)c(-c4c(C)ccc5[nH]ncc45)ncc23)CCN1C(=O)C(=C)F. The summed E-state index contributed by atoms with van der Waals surface area (Å²) in [6.07, 6.45) is 7.63. The molecule has 0 unspecified atom stereocenters. The van der Waals surface area contributed by atoms with Gasteiger partial charge in [-0.25, -0.2) is 11.0 Å². The normalized spacial score (nSPS) is 20.3. The van der Waals surface area contributed by atoms with Gasteiger partial charge in [0.2, 0.25) is 6.54 Å². The van der Waals surface area contributed by atoms with Crippen LogP contribution in [-0.4, -0.2) is 105 Å². The summed E-state index contributed by atoms with van der Waals surface area (Å²) >= 11 is 0. The number of fused-ring (bicyclic) bond motifs is 2. The summed E-state index contributed by atoms with van der Waals surface area (Å²) in [6, 6.07) is 3.95. The van der Waals surface area contributed by atoms with Crippen molar-refractivity contribution in [3.63, 3.8) is 0 Å². The molecule has 2 saturated heterocycles. The molecule has 13 heteroatoms. The fourth-order valence-electron chi connectivity index (χ4n) is 6.51. The lowest BCUT2D eigenvalue weighted by molar-refractivity contribution is -0.131. The number of benzene rings is 1. The molecule has 4 aromatic rings. The Hall–Kier alpha value is -4.83. The number of aromatic nitrogens is 5. The van der Waals surface area contributed by atoms with E-state index >= 15 is 0 Å². The van der Waals surface area contributed by atoms with Crippen LogP contribution in [0.15, 0.2) is 36.9 Å². The second kappa shape index (κ2) is 12.2. The van der Waals surface area contributed by atoms with Gasteiger partial charge in [0.15, 0.2) is 11.6 Å². The van der Waals surface area contributed by atoms with Gasteiger partial charge in [-0.1, -0.05) is 12.6 Å². The molecular weight excluding hydrogens is 589 g/mol. The van der Waals surface area contributed by atoms with Crippen LogP contribution in [0.1, 0.15) is 31.2 Å². The fraction of sp³-hybridized carbons (Fsp3) is 0.455. The number of carbonyl (C=O) groups excluding carboxylic acids is 1. The van der Waals surface area contributed by atoms with Gasteiger partial charge in [0.25, 0.3) is 5.91 Å². The Kier molecular flexibility index (Phi) is 7.90. The van der Waals surface area contributed by atoms with E-state index in [4.69, 9.17) is 31.0 Å². The maximum absolute atomic E-state index is 13.9. The molecule has 238 valence electrons. The van der Waals surface area contributed by atoms with Crippen LogP contribution in [0.25, 0.3) is 37.9 Å². The number of rotatable bonds is 9. The number of carbonyl (C=O) groups is 1. The number of aryl methyl sites for hydroxylation is 1. The van der Waals surface area contributed by atoms with Gasteiger partial charge in [-0.05, 0) is 57.8 Å². The lowest BCUT2D eigenvalue weighted by Gasteiger charge is -2.39. The van der Waals surface area contributed by atoms with Crippen molar-refractivity contribution in [2.75, 3.05) is 51.3 Å². The third-order valence-corrected chi connectivity index (χ3v) is 9.19. The third-order valence-electron chi connectivity index (χ3n) is 9.19. The number of hydrogen-bond donors (Lipinski definition) is 1. The molecule has 12 nitrogen and oxygen atoms in total. The molecule has 3 aliphatic rings. The molecule has 3 fully saturated rings. The molecule has 46 heavy (non-hydrogen) atoms. The van der Waals surface area contributed by atoms with Crippen molar-refractivity contribution in [3.05, 3.63) is 53.9 Å². The molecule has 7 rings (SSSR count). The van der Waals surface area contributed by atoms with Gasteiger partial charge in [-0.15, -0.1) is 0 Å². The average molecular weight is 626 g/mol. The molecule has 0 bridgehead atoms. The number of nitrogens with one attached hydrogen (secondary N) is 1. The van der Waals surface area contributed by atoms with E-state index in [0.717, 1.165) is 54.3 Å². The first-order chi connectivity index (χ1) is 22.3. The fourth-order valence-corrected chi connectivity index (χ4v) is 6.51. The number of hydrogen-bond acceptors (Lipinski definition) is 9. The van der Waals surface area contributed by atoms with E-state index in [1.54, 1.807) is 12.4 Å². The van der Waals surface area contributed by atoms with Gasteiger partial charge in [0.05, 0.1) is 23.2 Å². The third kappa shape index (κ3) is 5.58. The summed E-state index contributed by atoms with van der Waals surface area (Å²) in [5, 5.41) is 8.93. The molecule has 1 saturated carbocycles. The van der Waals surface area contributed by atoms with Crippen molar-refractivity contribution >= 4 is 33.5 Å². The van der Waals surface area contributed by atoms with Crippen LogP contribution in [-0.2, 0) is 4.79 Å². The molecular formula is C33H36FN9O3. The van der Waals surface area contributed by atoms with Crippen LogP contribution >= 0.6 is 0 Å². The monoisotopic (exact) mass is 625 g/mol. The summed E-state index contributed by atoms with van der Waals surface area (Å²) < 4.78 is 26.8. The Morgan fingerprint density at radius 2 is 2.00 bits per heavy atom. The molecule has 2 atom stereocenters. The van der Waals surface area contributed by atoms with E-state index in [2.05, 4.69) is 33.6 Å². The van der Waals surface area contributed by atoms with E-state index in [9.17, 15) is 9.18 Å². The van der Waals surface area contributed by atoms with Crippen LogP contribution < -0.4 is 14.4 Å². The first-order valence-corrected chi connectivity index (χ1v) is 15.7. The highest BCUT2D eigenvalue weighted by Crippen LogP contribution is 2.43. The number of aromatic amines is 1. The van der Waals surface area contributed by atoms with Gasteiger partial charge in [0, 0.05) is 42.8 Å². The number of piperazine rings is 1. The predicted octanol–water partition coefficient (Wildman–Crippen LogP) is 4.31. The number of ether oxygens (including phenoxy) is 2. The minimum Gasteiger partial charge on any atom is -0.486 e. The average Bonchev–Trinajstić information content (AvgIpc) is 3.57. The Bertz CT molecular complexity index is 1870. The predicted molar refractivity (Wildman–Crippen MR) is 171 cm³/mol. The number of nitrogens with zero attached hydrogens (tertiary/aromatic N) is 8. The number of H-pyrrole nitrogens is 1. The highest BCUT2D eigenvalue weighted by molar-refractivity contribution is 6.02. The van der Waals surface area contributed by atoms with E-state index in [-0.39, 0.29) is 37.8 Å². The molecule has 0 radical (unpaired) electrons. The maximum atomic E-state index is 13.9. The van der Waals surface area contributed by atoms with Crippen molar-refractivity contribution in [2.24, 2.45) is 0 Å². The number of pyridine rings is 1. The van der Waals surface area contributed by atoms with Crippen LogP contribution in [0.3, 0.4) is 0 Å². The standard InChI is InChI=1S/C33H36FN9O3/c1-19-7-10-26-24(16-37-40-26)27(19)29-30(46-23-8-9-23)28-25(15-36-29)31(39-33(38-28)45-18-21-6-5-11-41(21)4)42-12-13-43(32(44)20(2)34)22(17-42)14-35-3/h7,10,15-16,21-23H,2,5-6,8-9,11-14,17-18H2,1,4H3,(H,37,40)/t21-,22-/m0/s1. The summed E-state index contributed by atoms with van der Waals surface area (Å²) in [5.74, 6) is -0.701. The van der Waals surface area contributed by atoms with Crippen LogP contribution in [0, 0.1) is 13.5 Å². The first-order valence-electron chi connectivity index (χ1n) is 15.7. The van der Waals surface area contributed by atoms with Gasteiger partial charge >= 0.3 is 6.01 Å². The topological polar surface area (TPSA) is 117 Å². The largest absolute Gasteiger partial charge is 0.486 e. The van der Waals surface area contributed by atoms with Crippen molar-refractivity contribution in [2.45, 2.75) is 50.8 Å². The van der Waals surface area contributed by atoms with Crippen LogP contribution in [0.5, 0.6) is 11.8 Å². The van der Waals surface area contributed by atoms with Crippen LogP contribution in [0.2, 0.25) is 0 Å². The second-order valence-corrected chi connectivity index (χ2v) is 12.4. The zero-order chi connectivity index (χ0) is 31.9. The van der Waals surface area contributed by atoms with E-state index < -0.39 is 17.8 Å². The molecule has 1 aromatic carbocycles. The Morgan fingerprint density at radius 1 is 1.15 bits per heavy atom. The highest BCUT2D eigenvalue weighted by atomic mass is 19.1. The molecule has 2 aliphatic heterocycles. The number of halogens is 1. The quantitative estimate of drug-likeness (QED) is 0.215. The summed E-state index contributed by atoms with van der Waals surface area (Å²) in [4.78, 5) is 36.7. The number of amides is 1. The molecule has 0 spiro atoms. The smallest absolute Gasteiger partial charge is 0.319 e. The van der Waals surface area contributed by atoms with Crippen LogP contribution in [0.4, 0.5) is 10.2 Å². The minimum atomic E-state index is -1.04. The van der Waals surface area contributed by atoms with E-state index in [1.807, 2.05) is 24.0 Å². The van der Waals surface area contributed by atoms with Crippen molar-refractivity contribution < 1.29 is 18.7 Å². The number of likely N-dealkylation sites (tertiary alicyclic amines) is 1. The molecule has 3 aromatic heterocycles. The van der Waals surface area contributed by atoms with Crippen molar-refractivity contribution in [3.8, 4) is 23.0 Å². The minimum absolute atomic E-state index is 0.0162. The van der Waals surface area contributed by atoms with Gasteiger partial charge in [-0.3, -0.25) is 14.9 Å². The zero-order valence-electron chi connectivity index (χ0n) is 26.0. The van der Waals surface area contributed by atoms with Gasteiger partial charge in [0.1, 0.15) is 29.7 Å². The van der Waals surface area contributed by atoms with Gasteiger partial charge < -0.3 is 29.0 Å². The summed E-state index contributed by atoms with van der Waals surface area (Å²) in [7, 11) is 2.09. The number of likely N-dealkylation sites (N-methyl/N-ethyl adjacent to an activating group) is 1. The van der Waals surface area contributed by atoms with E-state index in [0.29, 0.717) is 41.3 Å². The highest BCUT2D eigenvalue weighted by Gasteiger charge is 2.36. The molecule has 1 aliphatic carbocycles. The zero-order valence-corrected chi connectivity index (χ0v) is 26.0. The van der Waals surface area contributed by atoms with Gasteiger partial charge in [-0.2, -0.15) is 15.1 Å². The maximum Gasteiger partial charge on any atom is 0.319 e. The lowest BCUT2D eigenvalue weighted by atomic mass is 9.99.